The van der Waals surface area contributed by atoms with Gasteiger partial charge in [-0.1, -0.05) is 30.3 Å². The SMILES string of the molecule is O=C(NC[C@@H](c1ccco1)N1CCc2ccccc2C1)C(=O)Nc1cccc(F)c1. The Morgan fingerprint density at radius 3 is 2.63 bits per heavy atom. The van der Waals surface area contributed by atoms with Crippen molar-refractivity contribution in [2.45, 2.75) is 19.0 Å². The highest BCUT2D eigenvalue weighted by atomic mass is 19.1. The van der Waals surface area contributed by atoms with Crippen LogP contribution in [0.25, 0.3) is 0 Å². The van der Waals surface area contributed by atoms with Crippen LogP contribution in [0.4, 0.5) is 10.1 Å². The van der Waals surface area contributed by atoms with E-state index in [1.54, 1.807) is 12.3 Å². The number of halogens is 1. The summed E-state index contributed by atoms with van der Waals surface area (Å²) in [5, 5.41) is 5.09. The van der Waals surface area contributed by atoms with Gasteiger partial charge >= 0.3 is 11.8 Å². The first-order valence-electron chi connectivity index (χ1n) is 9.79. The number of carbonyl (C=O) groups is 2. The van der Waals surface area contributed by atoms with Crippen molar-refractivity contribution in [3.8, 4) is 0 Å². The maximum absolute atomic E-state index is 13.3. The highest BCUT2D eigenvalue weighted by Crippen LogP contribution is 2.27. The molecule has 6 nitrogen and oxygen atoms in total. The van der Waals surface area contributed by atoms with Crippen molar-refractivity contribution in [2.24, 2.45) is 0 Å². The predicted octanol–water partition coefficient (Wildman–Crippen LogP) is 3.27. The molecule has 30 heavy (non-hydrogen) atoms. The maximum Gasteiger partial charge on any atom is 0.313 e. The fourth-order valence-corrected chi connectivity index (χ4v) is 3.70. The van der Waals surface area contributed by atoms with Crippen LogP contribution in [0.3, 0.4) is 0 Å². The Morgan fingerprint density at radius 1 is 1.03 bits per heavy atom. The second-order valence-corrected chi connectivity index (χ2v) is 7.19. The largest absolute Gasteiger partial charge is 0.468 e. The summed E-state index contributed by atoms with van der Waals surface area (Å²) < 4.78 is 18.9. The number of nitrogens with one attached hydrogen (secondary N) is 2. The van der Waals surface area contributed by atoms with E-state index in [-0.39, 0.29) is 18.3 Å². The normalized spacial score (nSPS) is 14.6. The minimum atomic E-state index is -0.845. The van der Waals surface area contributed by atoms with Gasteiger partial charge in [0.1, 0.15) is 11.6 Å². The summed E-state index contributed by atoms with van der Waals surface area (Å²) in [5.41, 5.74) is 2.80. The number of carbonyl (C=O) groups excluding carboxylic acids is 2. The zero-order chi connectivity index (χ0) is 20.9. The third kappa shape index (κ3) is 4.58. The van der Waals surface area contributed by atoms with Gasteiger partial charge in [-0.25, -0.2) is 4.39 Å². The van der Waals surface area contributed by atoms with Crippen LogP contribution >= 0.6 is 0 Å². The minimum Gasteiger partial charge on any atom is -0.468 e. The number of hydrogen-bond donors (Lipinski definition) is 2. The van der Waals surface area contributed by atoms with E-state index < -0.39 is 17.6 Å². The number of fused-ring (bicyclic) bond motifs is 1. The van der Waals surface area contributed by atoms with Crippen LogP contribution in [-0.2, 0) is 22.6 Å². The number of benzene rings is 2. The van der Waals surface area contributed by atoms with E-state index in [1.165, 1.54) is 29.3 Å². The summed E-state index contributed by atoms with van der Waals surface area (Å²) in [7, 11) is 0. The molecule has 0 aliphatic carbocycles. The van der Waals surface area contributed by atoms with Gasteiger partial charge in [0, 0.05) is 25.3 Å². The van der Waals surface area contributed by atoms with Crippen molar-refractivity contribution in [3.05, 3.63) is 89.6 Å². The van der Waals surface area contributed by atoms with Crippen LogP contribution in [0, 0.1) is 5.82 Å². The standard InChI is InChI=1S/C23H22FN3O3/c24-18-7-3-8-19(13-18)26-23(29)22(28)25-14-20(21-9-4-12-30-21)27-11-10-16-5-1-2-6-17(16)15-27/h1-9,12-13,20H,10-11,14-15H2,(H,25,28)(H,26,29)/t20-/m0/s1. The van der Waals surface area contributed by atoms with Gasteiger partial charge in [-0.2, -0.15) is 0 Å². The van der Waals surface area contributed by atoms with Crippen molar-refractivity contribution >= 4 is 17.5 Å². The summed E-state index contributed by atoms with van der Waals surface area (Å²) >= 11 is 0. The molecule has 1 aromatic heterocycles. The summed E-state index contributed by atoms with van der Waals surface area (Å²) in [6.07, 6.45) is 2.50. The molecule has 0 radical (unpaired) electrons. The summed E-state index contributed by atoms with van der Waals surface area (Å²) in [4.78, 5) is 26.7. The number of hydrogen-bond acceptors (Lipinski definition) is 4. The van der Waals surface area contributed by atoms with E-state index in [0.29, 0.717) is 0 Å². The Kier molecular flexibility index (Phi) is 5.90. The monoisotopic (exact) mass is 407 g/mol. The fourth-order valence-electron chi connectivity index (χ4n) is 3.70. The molecule has 1 aliphatic heterocycles. The zero-order valence-corrected chi connectivity index (χ0v) is 16.3. The van der Waals surface area contributed by atoms with Gasteiger partial charge in [-0.05, 0) is 47.9 Å². The van der Waals surface area contributed by atoms with Gasteiger partial charge in [-0.15, -0.1) is 0 Å². The first-order valence-corrected chi connectivity index (χ1v) is 9.79. The molecule has 0 bridgehead atoms. The van der Waals surface area contributed by atoms with Crippen molar-refractivity contribution in [1.82, 2.24) is 10.2 Å². The average molecular weight is 407 g/mol. The number of furan rings is 1. The molecule has 2 heterocycles. The lowest BCUT2D eigenvalue weighted by atomic mass is 9.98. The van der Waals surface area contributed by atoms with Gasteiger partial charge in [0.2, 0.25) is 0 Å². The first kappa shape index (κ1) is 19.8. The molecule has 2 aromatic carbocycles. The molecule has 1 atom stereocenters. The molecule has 0 fully saturated rings. The lowest BCUT2D eigenvalue weighted by Crippen LogP contribution is -2.43. The molecule has 154 valence electrons. The molecule has 4 rings (SSSR count). The molecule has 2 N–H and O–H groups in total. The van der Waals surface area contributed by atoms with Crippen LogP contribution < -0.4 is 10.6 Å². The van der Waals surface area contributed by atoms with Crippen LogP contribution in [0.5, 0.6) is 0 Å². The molecule has 0 saturated carbocycles. The van der Waals surface area contributed by atoms with Crippen molar-refractivity contribution in [2.75, 3.05) is 18.4 Å². The quantitative estimate of drug-likeness (QED) is 0.637. The molecule has 2 amide bonds. The van der Waals surface area contributed by atoms with E-state index in [0.717, 1.165) is 31.3 Å². The second kappa shape index (κ2) is 8.92. The van der Waals surface area contributed by atoms with E-state index in [2.05, 4.69) is 27.7 Å². The lowest BCUT2D eigenvalue weighted by molar-refractivity contribution is -0.136. The van der Waals surface area contributed by atoms with Crippen LogP contribution in [0.15, 0.2) is 71.3 Å². The predicted molar refractivity (Wildman–Crippen MR) is 110 cm³/mol. The third-order valence-electron chi connectivity index (χ3n) is 5.22. The zero-order valence-electron chi connectivity index (χ0n) is 16.3. The van der Waals surface area contributed by atoms with E-state index in [9.17, 15) is 14.0 Å². The van der Waals surface area contributed by atoms with Gasteiger partial charge in [-0.3, -0.25) is 14.5 Å². The summed E-state index contributed by atoms with van der Waals surface area (Å²) in [5.74, 6) is -1.40. The Balaban J connectivity index is 1.42. The molecule has 0 spiro atoms. The maximum atomic E-state index is 13.3. The highest BCUT2D eigenvalue weighted by molar-refractivity contribution is 6.39. The van der Waals surface area contributed by atoms with Gasteiger partial charge in [0.05, 0.1) is 12.3 Å². The van der Waals surface area contributed by atoms with Crippen molar-refractivity contribution in [1.29, 1.82) is 0 Å². The Labute approximate surface area is 173 Å². The number of amides is 2. The highest BCUT2D eigenvalue weighted by Gasteiger charge is 2.27. The van der Waals surface area contributed by atoms with E-state index in [4.69, 9.17) is 4.42 Å². The Morgan fingerprint density at radius 2 is 1.87 bits per heavy atom. The fraction of sp³-hybridized carbons (Fsp3) is 0.217. The average Bonchev–Trinajstić information content (AvgIpc) is 3.28. The van der Waals surface area contributed by atoms with Crippen LogP contribution in [-0.4, -0.2) is 29.8 Å². The molecule has 3 aromatic rings. The van der Waals surface area contributed by atoms with Crippen LogP contribution in [0.2, 0.25) is 0 Å². The van der Waals surface area contributed by atoms with Crippen LogP contribution in [0.1, 0.15) is 22.9 Å². The Hall–Kier alpha value is -3.45. The third-order valence-corrected chi connectivity index (χ3v) is 5.22. The molecule has 1 aliphatic rings. The minimum absolute atomic E-state index is 0.209. The van der Waals surface area contributed by atoms with Gasteiger partial charge in [0.25, 0.3) is 0 Å². The number of anilines is 1. The van der Waals surface area contributed by atoms with Crippen molar-refractivity contribution in [3.63, 3.8) is 0 Å². The summed E-state index contributed by atoms with van der Waals surface area (Å²) in [6, 6.07) is 17.2. The number of rotatable bonds is 5. The van der Waals surface area contributed by atoms with Crippen molar-refractivity contribution < 1.29 is 18.4 Å². The summed E-state index contributed by atoms with van der Waals surface area (Å²) in [6.45, 7) is 1.76. The lowest BCUT2D eigenvalue weighted by Gasteiger charge is -2.34. The molecule has 0 unspecified atom stereocenters. The van der Waals surface area contributed by atoms with Gasteiger partial charge in [0.15, 0.2) is 0 Å². The first-order chi connectivity index (χ1) is 14.6. The van der Waals surface area contributed by atoms with E-state index >= 15 is 0 Å². The molecule has 0 saturated heterocycles. The molecule has 7 heteroatoms. The van der Waals surface area contributed by atoms with E-state index in [1.807, 2.05) is 18.2 Å². The molecular weight excluding hydrogens is 385 g/mol. The second-order valence-electron chi connectivity index (χ2n) is 7.19. The van der Waals surface area contributed by atoms with Gasteiger partial charge < -0.3 is 15.1 Å². The molecular formula is C23H22FN3O3. The smallest absolute Gasteiger partial charge is 0.313 e. The topological polar surface area (TPSA) is 74.6 Å². The number of nitrogens with zero attached hydrogens (tertiary/aromatic N) is 1. The Bertz CT molecular complexity index is 1040.